The Kier molecular flexibility index (Phi) is 7.21. The molecule has 1 aromatic carbocycles. The number of hydrogen-bond acceptors (Lipinski definition) is 4. The molecule has 160 valence electrons. The summed E-state index contributed by atoms with van der Waals surface area (Å²) in [5.41, 5.74) is 1.86. The van der Waals surface area contributed by atoms with Gasteiger partial charge >= 0.3 is 0 Å². The molecule has 3 rings (SSSR count). The lowest BCUT2D eigenvalue weighted by molar-refractivity contribution is -0.118. The lowest BCUT2D eigenvalue weighted by Crippen LogP contribution is -2.44. The molecule has 0 spiro atoms. The molecule has 1 atom stereocenters. The van der Waals surface area contributed by atoms with Gasteiger partial charge < -0.3 is 20.9 Å². The number of hydrogen-bond donors (Lipinski definition) is 3. The van der Waals surface area contributed by atoms with Gasteiger partial charge in [-0.1, -0.05) is 26.0 Å². The van der Waals surface area contributed by atoms with E-state index >= 15 is 0 Å². The normalized spacial score (nSPS) is 16.6. The highest BCUT2D eigenvalue weighted by atomic mass is 19.1. The van der Waals surface area contributed by atoms with Crippen molar-refractivity contribution >= 4 is 23.4 Å². The molecule has 2 aromatic rings. The molecule has 1 amide bonds. The van der Waals surface area contributed by atoms with Crippen molar-refractivity contribution in [2.75, 3.05) is 30.4 Å². The number of carbonyl (C=O) groups is 1. The summed E-state index contributed by atoms with van der Waals surface area (Å²) < 4.78 is 14.0. The van der Waals surface area contributed by atoms with Gasteiger partial charge in [0.1, 0.15) is 0 Å². The van der Waals surface area contributed by atoms with E-state index in [0.717, 1.165) is 24.2 Å². The van der Waals surface area contributed by atoms with Crippen molar-refractivity contribution in [1.82, 2.24) is 15.6 Å². The predicted molar refractivity (Wildman–Crippen MR) is 118 cm³/mol. The number of anilines is 2. The van der Waals surface area contributed by atoms with Gasteiger partial charge in [-0.3, -0.25) is 9.79 Å². The molecular weight excluding hydrogens is 383 g/mol. The van der Waals surface area contributed by atoms with Crippen molar-refractivity contribution in [3.63, 3.8) is 0 Å². The highest BCUT2D eigenvalue weighted by Gasteiger charge is 2.25. The minimum Gasteiger partial charge on any atom is -0.352 e. The number of guanidine groups is 1. The first-order valence-electron chi connectivity index (χ1n) is 10.2. The fourth-order valence-corrected chi connectivity index (χ4v) is 3.25. The fraction of sp³-hybridized carbons (Fsp3) is 0.409. The summed E-state index contributed by atoms with van der Waals surface area (Å²) in [7, 11) is 1.73. The van der Waals surface area contributed by atoms with Gasteiger partial charge in [-0.25, -0.2) is 9.37 Å². The van der Waals surface area contributed by atoms with Crippen LogP contribution in [0.3, 0.4) is 0 Å². The zero-order chi connectivity index (χ0) is 21.5. The van der Waals surface area contributed by atoms with Gasteiger partial charge in [0.25, 0.3) is 0 Å². The smallest absolute Gasteiger partial charge is 0.226 e. The molecule has 3 N–H and O–H groups in total. The maximum atomic E-state index is 14.0. The Bertz CT molecular complexity index is 883. The molecule has 1 saturated heterocycles. The van der Waals surface area contributed by atoms with E-state index in [1.165, 1.54) is 6.07 Å². The topological polar surface area (TPSA) is 81.6 Å². The van der Waals surface area contributed by atoms with Crippen LogP contribution in [0.2, 0.25) is 0 Å². The van der Waals surface area contributed by atoms with Crippen LogP contribution in [0.25, 0.3) is 0 Å². The highest BCUT2D eigenvalue weighted by Crippen LogP contribution is 2.20. The molecule has 1 aliphatic heterocycles. The van der Waals surface area contributed by atoms with E-state index in [-0.39, 0.29) is 23.7 Å². The standard InChI is InChI=1S/C22H29FN6O/c1-15(2)21(30)27-17-8-6-16(7-9-17)13-26-22(24-3)28-18-10-12-29(14-18)20-19(23)5-4-11-25-20/h4-9,11,15,18H,10,12-14H2,1-3H3,(H,27,30)(H2,24,26,28). The summed E-state index contributed by atoms with van der Waals surface area (Å²) in [6.45, 7) is 5.74. The molecule has 30 heavy (non-hydrogen) atoms. The quantitative estimate of drug-likeness (QED) is 0.502. The van der Waals surface area contributed by atoms with Crippen LogP contribution in [0.4, 0.5) is 15.9 Å². The third-order valence-electron chi connectivity index (χ3n) is 5.00. The van der Waals surface area contributed by atoms with Crippen LogP contribution in [0.15, 0.2) is 47.6 Å². The van der Waals surface area contributed by atoms with E-state index in [2.05, 4.69) is 25.9 Å². The average molecular weight is 413 g/mol. The zero-order valence-corrected chi connectivity index (χ0v) is 17.7. The van der Waals surface area contributed by atoms with E-state index in [4.69, 9.17) is 0 Å². The number of rotatable bonds is 6. The van der Waals surface area contributed by atoms with Crippen LogP contribution < -0.4 is 20.9 Å². The minimum absolute atomic E-state index is 0.00155. The van der Waals surface area contributed by atoms with Crippen LogP contribution >= 0.6 is 0 Å². The number of carbonyl (C=O) groups excluding carboxylic acids is 1. The Morgan fingerprint density at radius 2 is 2.07 bits per heavy atom. The third-order valence-corrected chi connectivity index (χ3v) is 5.00. The van der Waals surface area contributed by atoms with E-state index < -0.39 is 0 Å². The molecule has 1 unspecified atom stereocenters. The second-order valence-electron chi connectivity index (χ2n) is 7.65. The van der Waals surface area contributed by atoms with Crippen LogP contribution in [-0.2, 0) is 11.3 Å². The molecule has 0 bridgehead atoms. The first kappa shape index (κ1) is 21.5. The maximum absolute atomic E-state index is 14.0. The molecule has 7 nitrogen and oxygen atoms in total. The molecule has 0 radical (unpaired) electrons. The number of aliphatic imine (C=N–C) groups is 1. The zero-order valence-electron chi connectivity index (χ0n) is 17.7. The molecule has 0 aliphatic carbocycles. The summed E-state index contributed by atoms with van der Waals surface area (Å²) in [6, 6.07) is 10.9. The van der Waals surface area contributed by atoms with Crippen LogP contribution in [0.1, 0.15) is 25.8 Å². The number of benzene rings is 1. The first-order valence-corrected chi connectivity index (χ1v) is 10.2. The number of halogens is 1. The molecule has 1 aliphatic rings. The van der Waals surface area contributed by atoms with Crippen molar-refractivity contribution in [3.8, 4) is 0 Å². The van der Waals surface area contributed by atoms with Crippen LogP contribution in [0, 0.1) is 11.7 Å². The van der Waals surface area contributed by atoms with Gasteiger partial charge in [-0.2, -0.15) is 0 Å². The molecule has 0 saturated carbocycles. The number of amides is 1. The Balaban J connectivity index is 1.48. The summed E-state index contributed by atoms with van der Waals surface area (Å²) in [4.78, 5) is 22.2. The largest absolute Gasteiger partial charge is 0.352 e. The third kappa shape index (κ3) is 5.68. The predicted octanol–water partition coefficient (Wildman–Crippen LogP) is 2.76. The molecule has 8 heteroatoms. The molecule has 2 heterocycles. The minimum atomic E-state index is -0.298. The number of nitrogens with zero attached hydrogens (tertiary/aromatic N) is 3. The van der Waals surface area contributed by atoms with E-state index in [0.29, 0.717) is 24.9 Å². The van der Waals surface area contributed by atoms with Crippen molar-refractivity contribution < 1.29 is 9.18 Å². The Morgan fingerprint density at radius 1 is 1.30 bits per heavy atom. The number of nitrogens with one attached hydrogen (secondary N) is 3. The van der Waals surface area contributed by atoms with Gasteiger partial charge in [0.15, 0.2) is 17.6 Å². The van der Waals surface area contributed by atoms with Gasteiger partial charge in [0.2, 0.25) is 5.91 Å². The summed E-state index contributed by atoms with van der Waals surface area (Å²) in [6.07, 6.45) is 2.49. The first-order chi connectivity index (χ1) is 14.5. The van der Waals surface area contributed by atoms with E-state index in [9.17, 15) is 9.18 Å². The number of aromatic nitrogens is 1. The molecule has 1 aromatic heterocycles. The molecular formula is C22H29FN6O. The van der Waals surface area contributed by atoms with Gasteiger partial charge in [-0.05, 0) is 36.2 Å². The second kappa shape index (κ2) is 10.0. The van der Waals surface area contributed by atoms with Crippen molar-refractivity contribution in [2.24, 2.45) is 10.9 Å². The van der Waals surface area contributed by atoms with Crippen LogP contribution in [-0.4, -0.2) is 43.0 Å². The lowest BCUT2D eigenvalue weighted by atomic mass is 10.1. The van der Waals surface area contributed by atoms with E-state index in [1.54, 1.807) is 19.3 Å². The van der Waals surface area contributed by atoms with Crippen molar-refractivity contribution in [2.45, 2.75) is 32.9 Å². The average Bonchev–Trinajstić information content (AvgIpc) is 3.20. The van der Waals surface area contributed by atoms with E-state index in [1.807, 2.05) is 43.0 Å². The second-order valence-corrected chi connectivity index (χ2v) is 7.65. The van der Waals surface area contributed by atoms with Gasteiger partial charge in [0.05, 0.1) is 0 Å². The Morgan fingerprint density at radius 3 is 2.73 bits per heavy atom. The highest BCUT2D eigenvalue weighted by molar-refractivity contribution is 5.92. The molecule has 1 fully saturated rings. The van der Waals surface area contributed by atoms with Crippen LogP contribution in [0.5, 0.6) is 0 Å². The summed E-state index contributed by atoms with van der Waals surface area (Å²) >= 11 is 0. The van der Waals surface area contributed by atoms with Crippen molar-refractivity contribution in [3.05, 3.63) is 54.0 Å². The fourth-order valence-electron chi connectivity index (χ4n) is 3.25. The summed E-state index contributed by atoms with van der Waals surface area (Å²) in [5.74, 6) is 0.742. The maximum Gasteiger partial charge on any atom is 0.226 e. The number of pyridine rings is 1. The lowest BCUT2D eigenvalue weighted by Gasteiger charge is -2.20. The SMILES string of the molecule is CN=C(NCc1ccc(NC(=O)C(C)C)cc1)NC1CCN(c2ncccc2F)C1. The monoisotopic (exact) mass is 412 g/mol. The Labute approximate surface area is 176 Å². The summed E-state index contributed by atoms with van der Waals surface area (Å²) in [5, 5.41) is 9.58. The van der Waals surface area contributed by atoms with Crippen molar-refractivity contribution in [1.29, 1.82) is 0 Å². The Hall–Kier alpha value is -3.16. The van der Waals surface area contributed by atoms with Gasteiger partial charge in [-0.15, -0.1) is 0 Å². The van der Waals surface area contributed by atoms with Gasteiger partial charge in [0, 0.05) is 50.5 Å².